The number of morpholine rings is 1. The molecule has 0 amide bonds. The van der Waals surface area contributed by atoms with Crippen LogP contribution >= 0.6 is 0 Å². The molecule has 0 spiro atoms. The molecule has 194 valence electrons. The first-order valence-electron chi connectivity index (χ1n) is 13.2. The van der Waals surface area contributed by atoms with Gasteiger partial charge in [-0.1, -0.05) is 6.92 Å². The molecular formula is C27H38N6O3. The maximum atomic E-state index is 10.8. The van der Waals surface area contributed by atoms with E-state index in [9.17, 15) is 5.11 Å². The molecule has 9 heteroatoms. The van der Waals surface area contributed by atoms with Crippen LogP contribution in [0.2, 0.25) is 0 Å². The lowest BCUT2D eigenvalue weighted by Crippen LogP contribution is -2.36. The molecule has 3 aromatic rings. The molecule has 2 N–H and O–H groups in total. The number of aromatic nitrogens is 4. The number of methoxy groups -OCH3 is 1. The minimum absolute atomic E-state index is 0.0939. The normalized spacial score (nSPS) is 23.7. The van der Waals surface area contributed by atoms with Crippen LogP contribution in [0.15, 0.2) is 30.6 Å². The van der Waals surface area contributed by atoms with E-state index in [2.05, 4.69) is 56.7 Å². The first-order chi connectivity index (χ1) is 17.5. The first-order valence-corrected chi connectivity index (χ1v) is 13.2. The highest BCUT2D eigenvalue weighted by Gasteiger charge is 2.34. The third-order valence-electron chi connectivity index (χ3n) is 7.72. The molecule has 9 nitrogen and oxygen atoms in total. The number of nitrogens with one attached hydrogen (secondary N) is 1. The molecule has 1 atom stereocenters. The molecule has 1 aliphatic heterocycles. The minimum Gasteiger partial charge on any atom is -0.390 e. The second-order valence-electron chi connectivity index (χ2n) is 10.2. The zero-order chi connectivity index (χ0) is 25.1. The van der Waals surface area contributed by atoms with Gasteiger partial charge in [0, 0.05) is 49.6 Å². The molecule has 4 heterocycles. The van der Waals surface area contributed by atoms with Gasteiger partial charge in [0.05, 0.1) is 37.1 Å². The van der Waals surface area contributed by atoms with Crippen molar-refractivity contribution in [3.05, 3.63) is 36.3 Å². The van der Waals surface area contributed by atoms with Gasteiger partial charge >= 0.3 is 0 Å². The van der Waals surface area contributed by atoms with Crippen LogP contribution in [0.1, 0.15) is 57.6 Å². The molecule has 0 radical (unpaired) electrons. The van der Waals surface area contributed by atoms with Gasteiger partial charge in [0.2, 0.25) is 5.95 Å². The van der Waals surface area contributed by atoms with Crippen LogP contribution in [0.4, 0.5) is 11.8 Å². The van der Waals surface area contributed by atoms with Crippen LogP contribution < -0.4 is 10.2 Å². The van der Waals surface area contributed by atoms with Crippen molar-refractivity contribution in [1.82, 2.24) is 19.6 Å². The smallest absolute Gasteiger partial charge is 0.241 e. The van der Waals surface area contributed by atoms with Crippen LogP contribution in [0.25, 0.3) is 16.6 Å². The highest BCUT2D eigenvalue weighted by Crippen LogP contribution is 2.42. The Morgan fingerprint density at radius 1 is 1.22 bits per heavy atom. The molecule has 1 saturated carbocycles. The molecular weight excluding hydrogens is 456 g/mol. The van der Waals surface area contributed by atoms with Gasteiger partial charge in [0.25, 0.3) is 0 Å². The third kappa shape index (κ3) is 5.19. The van der Waals surface area contributed by atoms with Gasteiger partial charge in [0.15, 0.2) is 0 Å². The number of fused-ring (bicyclic) bond motifs is 1. The van der Waals surface area contributed by atoms with E-state index in [1.807, 2.05) is 12.4 Å². The van der Waals surface area contributed by atoms with E-state index < -0.39 is 5.60 Å². The Labute approximate surface area is 212 Å². The van der Waals surface area contributed by atoms with E-state index in [1.54, 1.807) is 7.11 Å². The summed E-state index contributed by atoms with van der Waals surface area (Å²) in [7, 11) is 1.69. The number of pyridine rings is 1. The Morgan fingerprint density at radius 2 is 2.00 bits per heavy atom. The molecule has 1 aliphatic carbocycles. The summed E-state index contributed by atoms with van der Waals surface area (Å²) in [6.07, 6.45) is 8.11. The molecule has 0 aromatic carbocycles. The summed E-state index contributed by atoms with van der Waals surface area (Å²) in [6.45, 7) is 7.84. The van der Waals surface area contributed by atoms with E-state index in [4.69, 9.17) is 14.6 Å². The highest BCUT2D eigenvalue weighted by molar-refractivity contribution is 5.82. The van der Waals surface area contributed by atoms with Crippen LogP contribution in [0.3, 0.4) is 0 Å². The van der Waals surface area contributed by atoms with Crippen LogP contribution in [0, 0.1) is 0 Å². The van der Waals surface area contributed by atoms with Crippen molar-refractivity contribution in [2.45, 2.75) is 63.5 Å². The van der Waals surface area contributed by atoms with E-state index in [0.717, 1.165) is 80.9 Å². The van der Waals surface area contributed by atoms with Gasteiger partial charge in [0.1, 0.15) is 5.82 Å². The van der Waals surface area contributed by atoms with E-state index in [0.29, 0.717) is 18.5 Å². The average molecular weight is 495 g/mol. The predicted octanol–water partition coefficient (Wildman–Crippen LogP) is 3.87. The second kappa shape index (κ2) is 10.7. The Kier molecular flexibility index (Phi) is 7.41. The molecule has 0 unspecified atom stereocenters. The lowest BCUT2D eigenvalue weighted by Gasteiger charge is -2.35. The Bertz CT molecular complexity index is 1170. The van der Waals surface area contributed by atoms with Crippen molar-refractivity contribution in [2.24, 2.45) is 0 Å². The fourth-order valence-electron chi connectivity index (χ4n) is 5.47. The molecule has 36 heavy (non-hydrogen) atoms. The maximum Gasteiger partial charge on any atom is 0.241 e. The van der Waals surface area contributed by atoms with Crippen LogP contribution in [0.5, 0.6) is 0 Å². The average Bonchev–Trinajstić information content (AvgIpc) is 3.29. The molecule has 3 aromatic heterocycles. The zero-order valence-electron chi connectivity index (χ0n) is 21.6. The second-order valence-corrected chi connectivity index (χ2v) is 10.2. The van der Waals surface area contributed by atoms with Crippen molar-refractivity contribution in [2.75, 3.05) is 50.2 Å². The summed E-state index contributed by atoms with van der Waals surface area (Å²) < 4.78 is 12.8. The third-order valence-corrected chi connectivity index (χ3v) is 7.72. The molecule has 2 fully saturated rings. The maximum absolute atomic E-state index is 10.8. The number of ether oxygens (including phenoxy) is 2. The number of hydrogen-bond donors (Lipinski definition) is 2. The number of aliphatic hydroxyl groups is 1. The number of rotatable bonds is 8. The number of hydrogen-bond acceptors (Lipinski definition) is 8. The Balaban J connectivity index is 1.53. The van der Waals surface area contributed by atoms with E-state index in [1.165, 1.54) is 5.69 Å². The molecule has 5 rings (SSSR count). The predicted molar refractivity (Wildman–Crippen MR) is 141 cm³/mol. The van der Waals surface area contributed by atoms with Gasteiger partial charge in [-0.05, 0) is 62.8 Å². The van der Waals surface area contributed by atoms with Crippen molar-refractivity contribution in [3.63, 3.8) is 0 Å². The van der Waals surface area contributed by atoms with Crippen LogP contribution in [-0.4, -0.2) is 76.4 Å². The van der Waals surface area contributed by atoms with Crippen molar-refractivity contribution >= 4 is 17.3 Å². The summed E-state index contributed by atoms with van der Waals surface area (Å²) >= 11 is 0. The number of nitrogens with zero attached hydrogens (tertiary/aromatic N) is 5. The highest BCUT2D eigenvalue weighted by atomic mass is 16.5. The molecule has 1 saturated heterocycles. The van der Waals surface area contributed by atoms with E-state index in [-0.39, 0.29) is 6.04 Å². The standard InChI is InChI=1S/C27H38N6O3/c1-4-27(34)8-5-20(6-9-27)23-16-22(21-7-10-28-25(15-21)32-11-13-36-14-12-32)24-17-29-26(31-33(23)24)30-19(2)18-35-3/h7,10,15-17,19-20,34H,4-6,8-9,11-14,18H2,1-3H3,(H,30,31)/t19-,20-,27-/m0/s1. The monoisotopic (exact) mass is 494 g/mol. The van der Waals surface area contributed by atoms with Crippen molar-refractivity contribution < 1.29 is 14.6 Å². The summed E-state index contributed by atoms with van der Waals surface area (Å²) in [6, 6.07) is 6.59. The minimum atomic E-state index is -0.540. The SMILES string of the molecule is CC[C@]1(O)CC[C@H](c2cc(-c3ccnc(N4CCOCC4)c3)c3cnc(N[C@@H](C)COC)nn32)CC1. The fourth-order valence-corrected chi connectivity index (χ4v) is 5.47. The largest absolute Gasteiger partial charge is 0.390 e. The summed E-state index contributed by atoms with van der Waals surface area (Å²) in [5.41, 5.74) is 3.82. The van der Waals surface area contributed by atoms with Gasteiger partial charge < -0.3 is 24.8 Å². The van der Waals surface area contributed by atoms with Crippen molar-refractivity contribution in [1.29, 1.82) is 0 Å². The topological polar surface area (TPSA) is 97.0 Å². The Morgan fingerprint density at radius 3 is 2.72 bits per heavy atom. The lowest BCUT2D eigenvalue weighted by atomic mass is 9.76. The quantitative estimate of drug-likeness (QED) is 0.487. The first kappa shape index (κ1) is 24.9. The van der Waals surface area contributed by atoms with Gasteiger partial charge in [-0.15, -0.1) is 5.10 Å². The molecule has 2 aliphatic rings. The lowest BCUT2D eigenvalue weighted by molar-refractivity contribution is -0.00461. The fraction of sp³-hybridized carbons (Fsp3) is 0.593. The summed E-state index contributed by atoms with van der Waals surface area (Å²) in [4.78, 5) is 11.6. The van der Waals surface area contributed by atoms with Gasteiger partial charge in [-0.3, -0.25) is 0 Å². The summed E-state index contributed by atoms with van der Waals surface area (Å²) in [5, 5.41) is 19.1. The van der Waals surface area contributed by atoms with Crippen LogP contribution in [-0.2, 0) is 9.47 Å². The zero-order valence-corrected chi connectivity index (χ0v) is 21.6. The molecule has 0 bridgehead atoms. The van der Waals surface area contributed by atoms with Gasteiger partial charge in [-0.25, -0.2) is 14.5 Å². The number of anilines is 2. The van der Waals surface area contributed by atoms with Crippen molar-refractivity contribution in [3.8, 4) is 11.1 Å². The Hall–Kier alpha value is -2.75. The van der Waals surface area contributed by atoms with E-state index >= 15 is 0 Å². The van der Waals surface area contributed by atoms with Gasteiger partial charge in [-0.2, -0.15) is 0 Å². The summed E-state index contributed by atoms with van der Waals surface area (Å²) in [5.74, 6) is 1.88.